The fraction of sp³-hybridized carbons (Fsp3) is 0.545. The Labute approximate surface area is 177 Å². The van der Waals surface area contributed by atoms with Crippen LogP contribution >= 0.6 is 11.3 Å². The van der Waals surface area contributed by atoms with Crippen molar-refractivity contribution in [3.05, 3.63) is 35.2 Å². The maximum Gasteiger partial charge on any atom is 0.225 e. The minimum atomic E-state index is -0.268. The molecule has 0 aliphatic carbocycles. The largest absolute Gasteiger partial charge is 0.379 e. The highest BCUT2D eigenvalue weighted by Gasteiger charge is 2.24. The summed E-state index contributed by atoms with van der Waals surface area (Å²) >= 11 is 1.61. The van der Waals surface area contributed by atoms with Gasteiger partial charge in [0.15, 0.2) is 5.13 Å². The highest BCUT2D eigenvalue weighted by molar-refractivity contribution is 7.16. The number of anilines is 1. The van der Waals surface area contributed by atoms with Crippen molar-refractivity contribution in [1.82, 2.24) is 10.3 Å². The summed E-state index contributed by atoms with van der Waals surface area (Å²) in [6.07, 6.45) is 1.08. The zero-order valence-electron chi connectivity index (χ0n) is 17.7. The van der Waals surface area contributed by atoms with Crippen LogP contribution in [0.1, 0.15) is 32.1 Å². The predicted molar refractivity (Wildman–Crippen MR) is 118 cm³/mol. The van der Waals surface area contributed by atoms with Gasteiger partial charge in [-0.15, -0.1) is 11.3 Å². The number of rotatable bonds is 8. The van der Waals surface area contributed by atoms with Crippen molar-refractivity contribution >= 4 is 22.4 Å². The maximum atomic E-state index is 12.8. The second kappa shape index (κ2) is 9.69. The van der Waals surface area contributed by atoms with E-state index in [-0.39, 0.29) is 17.6 Å². The van der Waals surface area contributed by atoms with Gasteiger partial charge in [0.2, 0.25) is 5.91 Å². The summed E-state index contributed by atoms with van der Waals surface area (Å²) in [6, 6.07) is 10.1. The fourth-order valence-corrected chi connectivity index (χ4v) is 4.65. The van der Waals surface area contributed by atoms with Crippen LogP contribution < -0.4 is 10.2 Å². The summed E-state index contributed by atoms with van der Waals surface area (Å²) in [5.41, 5.74) is 1.67. The number of nitrogens with zero attached hydrogens (tertiary/aromatic N) is 2. The summed E-state index contributed by atoms with van der Waals surface area (Å²) < 4.78 is 10.9. The first-order chi connectivity index (χ1) is 13.9. The van der Waals surface area contributed by atoms with Gasteiger partial charge in [0.05, 0.1) is 30.9 Å². The Morgan fingerprint density at radius 1 is 1.31 bits per heavy atom. The molecule has 0 bridgehead atoms. The summed E-state index contributed by atoms with van der Waals surface area (Å²) in [4.78, 5) is 20.9. The number of amides is 1. The Morgan fingerprint density at radius 3 is 2.66 bits per heavy atom. The van der Waals surface area contributed by atoms with E-state index in [0.29, 0.717) is 19.6 Å². The molecule has 1 aliphatic rings. The van der Waals surface area contributed by atoms with Crippen molar-refractivity contribution in [2.75, 3.05) is 38.3 Å². The summed E-state index contributed by atoms with van der Waals surface area (Å²) in [5.74, 6) is 0.0127. The van der Waals surface area contributed by atoms with Crippen LogP contribution in [-0.4, -0.2) is 55.9 Å². The Balaban J connectivity index is 1.76. The molecule has 2 aromatic rings. The number of hydrogen-bond acceptors (Lipinski definition) is 6. The molecule has 1 aromatic carbocycles. The number of methoxy groups -OCH3 is 1. The van der Waals surface area contributed by atoms with Crippen LogP contribution in [0.3, 0.4) is 0 Å². The van der Waals surface area contributed by atoms with Gasteiger partial charge >= 0.3 is 0 Å². The SMILES string of the molecule is COC(C)(C)CC(C)NC(=O)Cc1sc(N2CCOCC2)nc1-c1ccccc1. The lowest BCUT2D eigenvalue weighted by Gasteiger charge is -2.27. The van der Waals surface area contributed by atoms with Crippen LogP contribution in [-0.2, 0) is 20.7 Å². The molecular weight excluding hydrogens is 386 g/mol. The quantitative estimate of drug-likeness (QED) is 0.712. The molecule has 0 saturated carbocycles. The Kier molecular flexibility index (Phi) is 7.27. The lowest BCUT2D eigenvalue weighted by atomic mass is 10.00. The van der Waals surface area contributed by atoms with E-state index in [1.165, 1.54) is 0 Å². The maximum absolute atomic E-state index is 12.8. The second-order valence-corrected chi connectivity index (χ2v) is 9.11. The fourth-order valence-electron chi connectivity index (χ4n) is 3.51. The lowest BCUT2D eigenvalue weighted by Crippen LogP contribution is -2.39. The molecule has 7 heteroatoms. The molecule has 1 aliphatic heterocycles. The predicted octanol–water partition coefficient (Wildman–Crippen LogP) is 3.51. The van der Waals surface area contributed by atoms with Crippen LogP contribution in [0.2, 0.25) is 0 Å². The van der Waals surface area contributed by atoms with Crippen LogP contribution in [0.15, 0.2) is 30.3 Å². The Bertz CT molecular complexity index is 801. The van der Waals surface area contributed by atoms with Crippen LogP contribution in [0, 0.1) is 0 Å². The van der Waals surface area contributed by atoms with Crippen LogP contribution in [0.4, 0.5) is 5.13 Å². The molecule has 2 heterocycles. The number of hydrogen-bond donors (Lipinski definition) is 1. The van der Waals surface area contributed by atoms with Crippen molar-refractivity contribution in [3.63, 3.8) is 0 Å². The van der Waals surface area contributed by atoms with Crippen molar-refractivity contribution in [2.45, 2.75) is 45.3 Å². The van der Waals surface area contributed by atoms with Crippen molar-refractivity contribution < 1.29 is 14.3 Å². The van der Waals surface area contributed by atoms with Gasteiger partial charge in [0, 0.05) is 36.7 Å². The number of benzene rings is 1. The van der Waals surface area contributed by atoms with E-state index in [4.69, 9.17) is 14.5 Å². The highest BCUT2D eigenvalue weighted by atomic mass is 32.1. The van der Waals surface area contributed by atoms with Crippen LogP contribution in [0.5, 0.6) is 0 Å². The molecule has 6 nitrogen and oxygen atoms in total. The molecule has 1 saturated heterocycles. The summed E-state index contributed by atoms with van der Waals surface area (Å²) in [5, 5.41) is 4.07. The minimum Gasteiger partial charge on any atom is -0.379 e. The van der Waals surface area contributed by atoms with E-state index < -0.39 is 0 Å². The number of ether oxygens (including phenoxy) is 2. The highest BCUT2D eigenvalue weighted by Crippen LogP contribution is 2.34. The minimum absolute atomic E-state index is 0.0127. The molecule has 158 valence electrons. The average Bonchev–Trinajstić information content (AvgIpc) is 3.12. The number of thiazole rings is 1. The van der Waals surface area contributed by atoms with E-state index in [1.807, 2.05) is 51.1 Å². The molecule has 1 amide bonds. The third kappa shape index (κ3) is 6.01. The summed E-state index contributed by atoms with van der Waals surface area (Å²) in [7, 11) is 1.70. The van der Waals surface area contributed by atoms with Gasteiger partial charge in [0.25, 0.3) is 0 Å². The molecule has 3 rings (SSSR count). The third-order valence-corrected chi connectivity index (χ3v) is 6.21. The van der Waals surface area contributed by atoms with Crippen LogP contribution in [0.25, 0.3) is 11.3 Å². The zero-order valence-corrected chi connectivity index (χ0v) is 18.6. The van der Waals surface area contributed by atoms with E-state index >= 15 is 0 Å². The first kappa shape index (κ1) is 21.7. The molecule has 1 unspecified atom stereocenters. The van der Waals surface area contributed by atoms with E-state index in [0.717, 1.165) is 40.8 Å². The van der Waals surface area contributed by atoms with Gasteiger partial charge in [0.1, 0.15) is 0 Å². The second-order valence-electron chi connectivity index (χ2n) is 8.05. The number of morpholine rings is 1. The third-order valence-electron chi connectivity index (χ3n) is 5.09. The van der Waals surface area contributed by atoms with E-state index in [2.05, 4.69) is 10.2 Å². The Morgan fingerprint density at radius 2 is 2.00 bits per heavy atom. The van der Waals surface area contributed by atoms with Gasteiger partial charge in [-0.1, -0.05) is 30.3 Å². The normalized spacial score (nSPS) is 15.9. The van der Waals surface area contributed by atoms with Gasteiger partial charge in [-0.25, -0.2) is 4.98 Å². The first-order valence-electron chi connectivity index (χ1n) is 10.1. The molecule has 0 radical (unpaired) electrons. The molecule has 1 aromatic heterocycles. The number of aromatic nitrogens is 1. The van der Waals surface area contributed by atoms with E-state index in [1.54, 1.807) is 18.4 Å². The number of carbonyl (C=O) groups excluding carboxylic acids is 1. The summed E-state index contributed by atoms with van der Waals surface area (Å²) in [6.45, 7) is 9.16. The molecular formula is C22H31N3O3S. The monoisotopic (exact) mass is 417 g/mol. The first-order valence-corrected chi connectivity index (χ1v) is 10.9. The van der Waals surface area contributed by atoms with Gasteiger partial charge in [-0.3, -0.25) is 4.79 Å². The Hall–Kier alpha value is -1.96. The number of carbonyl (C=O) groups is 1. The van der Waals surface area contributed by atoms with Gasteiger partial charge in [-0.05, 0) is 27.2 Å². The zero-order chi connectivity index (χ0) is 20.9. The molecule has 1 N–H and O–H groups in total. The molecule has 1 atom stereocenters. The standard InChI is InChI=1S/C22H31N3O3S/c1-16(15-22(2,3)27-4)23-19(26)14-18-20(17-8-6-5-7-9-17)24-21(29-18)25-10-12-28-13-11-25/h5-9,16H,10-15H2,1-4H3,(H,23,26). The molecule has 1 fully saturated rings. The van der Waals surface area contributed by atoms with Crippen molar-refractivity contribution in [3.8, 4) is 11.3 Å². The van der Waals surface area contributed by atoms with Crippen molar-refractivity contribution in [2.24, 2.45) is 0 Å². The van der Waals surface area contributed by atoms with Gasteiger partial charge in [-0.2, -0.15) is 0 Å². The smallest absolute Gasteiger partial charge is 0.225 e. The van der Waals surface area contributed by atoms with E-state index in [9.17, 15) is 4.79 Å². The number of nitrogens with one attached hydrogen (secondary N) is 1. The average molecular weight is 418 g/mol. The lowest BCUT2D eigenvalue weighted by molar-refractivity contribution is -0.121. The molecule has 29 heavy (non-hydrogen) atoms. The van der Waals surface area contributed by atoms with Gasteiger partial charge < -0.3 is 19.7 Å². The topological polar surface area (TPSA) is 63.7 Å². The molecule has 0 spiro atoms. The van der Waals surface area contributed by atoms with Crippen molar-refractivity contribution in [1.29, 1.82) is 0 Å².